The molecule has 1 heterocycles. The topological polar surface area (TPSA) is 66.6 Å². The number of nitrogens with zero attached hydrogens (tertiary/aromatic N) is 1. The summed E-state index contributed by atoms with van der Waals surface area (Å²) in [6.07, 6.45) is 6.02. The van der Waals surface area contributed by atoms with E-state index in [1.165, 1.54) is 0 Å². The number of aromatic nitrogens is 1. The number of hydrogen-bond acceptors (Lipinski definition) is 5. The van der Waals surface area contributed by atoms with Crippen molar-refractivity contribution in [3.05, 3.63) is 24.4 Å². The molecule has 1 saturated carbocycles. The van der Waals surface area contributed by atoms with E-state index in [0.717, 1.165) is 42.3 Å². The van der Waals surface area contributed by atoms with Crippen LogP contribution in [0.3, 0.4) is 0 Å². The second-order valence-corrected chi connectivity index (χ2v) is 5.69. The van der Waals surface area contributed by atoms with Crippen LogP contribution in [-0.4, -0.2) is 31.3 Å². The van der Waals surface area contributed by atoms with E-state index in [1.807, 2.05) is 18.2 Å². The van der Waals surface area contributed by atoms with Gasteiger partial charge in [-0.3, -0.25) is 4.98 Å². The molecule has 0 radical (unpaired) electrons. The molecule has 118 valence electrons. The van der Waals surface area contributed by atoms with Crippen molar-refractivity contribution in [2.75, 3.05) is 14.2 Å². The molecule has 3 rings (SSSR count). The lowest BCUT2D eigenvalue weighted by Gasteiger charge is -2.27. The summed E-state index contributed by atoms with van der Waals surface area (Å²) in [6, 6.07) is 6.02. The molecule has 1 aromatic carbocycles. The van der Waals surface area contributed by atoms with Crippen molar-refractivity contribution in [1.29, 1.82) is 0 Å². The minimum absolute atomic E-state index is 0.221. The van der Waals surface area contributed by atoms with E-state index < -0.39 is 0 Å². The van der Waals surface area contributed by atoms with E-state index >= 15 is 0 Å². The van der Waals surface area contributed by atoms with Crippen molar-refractivity contribution in [2.45, 2.75) is 37.8 Å². The Morgan fingerprint density at radius 1 is 1.00 bits per heavy atom. The van der Waals surface area contributed by atoms with Gasteiger partial charge >= 0.3 is 0 Å². The third-order valence-corrected chi connectivity index (χ3v) is 4.22. The smallest absolute Gasteiger partial charge is 0.162 e. The second kappa shape index (κ2) is 6.40. The molecule has 5 nitrogen and oxygen atoms in total. The standard InChI is InChI=1S/C17H22N2O3/c1-20-16-9-13-14(10-17(16)21-2)19-8-7-15(13)22-12-5-3-11(18)4-6-12/h7-12H,3-6,18H2,1-2H3. The van der Waals surface area contributed by atoms with Crippen LogP contribution in [0.25, 0.3) is 10.9 Å². The Balaban J connectivity index is 1.92. The summed E-state index contributed by atoms with van der Waals surface area (Å²) in [5, 5.41) is 0.940. The number of hydrogen-bond donors (Lipinski definition) is 1. The molecule has 2 N–H and O–H groups in total. The predicted octanol–water partition coefficient (Wildman–Crippen LogP) is 2.90. The van der Waals surface area contributed by atoms with Gasteiger partial charge in [0.1, 0.15) is 5.75 Å². The summed E-state index contributed by atoms with van der Waals surface area (Å²) in [4.78, 5) is 4.40. The zero-order chi connectivity index (χ0) is 15.5. The quantitative estimate of drug-likeness (QED) is 0.940. The molecule has 22 heavy (non-hydrogen) atoms. The van der Waals surface area contributed by atoms with Gasteiger partial charge in [0.2, 0.25) is 0 Å². The van der Waals surface area contributed by atoms with Gasteiger partial charge in [0.15, 0.2) is 11.5 Å². The van der Waals surface area contributed by atoms with Crippen LogP contribution in [0.15, 0.2) is 24.4 Å². The molecule has 1 aliphatic carbocycles. The van der Waals surface area contributed by atoms with Gasteiger partial charge in [-0.25, -0.2) is 0 Å². The molecule has 0 aliphatic heterocycles. The SMILES string of the molecule is COc1cc2nccc(OC3CCC(N)CC3)c2cc1OC. The van der Waals surface area contributed by atoms with Crippen molar-refractivity contribution in [2.24, 2.45) is 5.73 Å². The van der Waals surface area contributed by atoms with Gasteiger partial charge in [-0.2, -0.15) is 0 Å². The van der Waals surface area contributed by atoms with Crippen LogP contribution in [0.2, 0.25) is 0 Å². The predicted molar refractivity (Wildman–Crippen MR) is 85.7 cm³/mol. The van der Waals surface area contributed by atoms with Crippen molar-refractivity contribution < 1.29 is 14.2 Å². The highest BCUT2D eigenvalue weighted by atomic mass is 16.5. The zero-order valence-corrected chi connectivity index (χ0v) is 13.0. The van der Waals surface area contributed by atoms with Crippen LogP contribution >= 0.6 is 0 Å². The summed E-state index contributed by atoms with van der Waals surface area (Å²) < 4.78 is 16.9. The van der Waals surface area contributed by atoms with Crippen LogP contribution in [0.4, 0.5) is 0 Å². The normalized spacial score (nSPS) is 21.6. The van der Waals surface area contributed by atoms with Crippen LogP contribution < -0.4 is 19.9 Å². The molecule has 0 saturated heterocycles. The molecular weight excluding hydrogens is 280 g/mol. The lowest BCUT2D eigenvalue weighted by atomic mass is 9.93. The van der Waals surface area contributed by atoms with Crippen LogP contribution in [0.5, 0.6) is 17.2 Å². The van der Waals surface area contributed by atoms with Gasteiger partial charge in [-0.05, 0) is 37.8 Å². The highest BCUT2D eigenvalue weighted by molar-refractivity contribution is 5.88. The largest absolute Gasteiger partial charge is 0.493 e. The van der Waals surface area contributed by atoms with E-state index in [1.54, 1.807) is 20.4 Å². The Hall–Kier alpha value is -2.01. The van der Waals surface area contributed by atoms with Crippen LogP contribution in [0.1, 0.15) is 25.7 Å². The van der Waals surface area contributed by atoms with Gasteiger partial charge in [0.25, 0.3) is 0 Å². The summed E-state index contributed by atoms with van der Waals surface area (Å²) >= 11 is 0. The van der Waals surface area contributed by atoms with Crippen molar-refractivity contribution in [1.82, 2.24) is 4.98 Å². The Labute approximate surface area is 130 Å². The van der Waals surface area contributed by atoms with Gasteiger partial charge in [0.05, 0.1) is 25.8 Å². The number of nitrogens with two attached hydrogens (primary N) is 1. The lowest BCUT2D eigenvalue weighted by Crippen LogP contribution is -2.31. The average molecular weight is 302 g/mol. The summed E-state index contributed by atoms with van der Waals surface area (Å²) in [7, 11) is 3.25. The number of ether oxygens (including phenoxy) is 3. The van der Waals surface area contributed by atoms with E-state index in [9.17, 15) is 0 Å². The number of benzene rings is 1. The van der Waals surface area contributed by atoms with E-state index in [4.69, 9.17) is 19.9 Å². The molecule has 1 fully saturated rings. The molecular formula is C17H22N2O3. The average Bonchev–Trinajstić information content (AvgIpc) is 2.56. The van der Waals surface area contributed by atoms with Gasteiger partial charge in [0, 0.05) is 23.7 Å². The minimum Gasteiger partial charge on any atom is -0.493 e. The van der Waals surface area contributed by atoms with Crippen LogP contribution in [0, 0.1) is 0 Å². The molecule has 0 unspecified atom stereocenters. The maximum Gasteiger partial charge on any atom is 0.162 e. The number of rotatable bonds is 4. The third-order valence-electron chi connectivity index (χ3n) is 4.22. The monoisotopic (exact) mass is 302 g/mol. The molecule has 0 amide bonds. The molecule has 0 spiro atoms. The molecule has 1 aliphatic rings. The number of pyridine rings is 1. The Morgan fingerprint density at radius 2 is 1.68 bits per heavy atom. The van der Waals surface area contributed by atoms with Crippen molar-refractivity contribution in [3.63, 3.8) is 0 Å². The van der Waals surface area contributed by atoms with E-state index in [2.05, 4.69) is 4.98 Å². The Kier molecular flexibility index (Phi) is 4.34. The molecule has 2 aromatic rings. The fourth-order valence-corrected chi connectivity index (χ4v) is 2.94. The number of methoxy groups -OCH3 is 2. The maximum absolute atomic E-state index is 6.20. The molecule has 5 heteroatoms. The van der Waals surface area contributed by atoms with Crippen molar-refractivity contribution >= 4 is 10.9 Å². The maximum atomic E-state index is 6.20. The highest BCUT2D eigenvalue weighted by Crippen LogP contribution is 2.36. The van der Waals surface area contributed by atoms with Crippen molar-refractivity contribution in [3.8, 4) is 17.2 Å². The first kappa shape index (κ1) is 14.9. The summed E-state index contributed by atoms with van der Waals surface area (Å²) in [5.74, 6) is 2.19. The zero-order valence-electron chi connectivity index (χ0n) is 13.0. The first-order valence-corrected chi connectivity index (χ1v) is 7.64. The van der Waals surface area contributed by atoms with E-state index in [0.29, 0.717) is 17.5 Å². The Bertz CT molecular complexity index is 652. The van der Waals surface area contributed by atoms with Gasteiger partial charge in [-0.1, -0.05) is 0 Å². The van der Waals surface area contributed by atoms with Gasteiger partial charge < -0.3 is 19.9 Å². The number of fused-ring (bicyclic) bond motifs is 1. The molecule has 1 aromatic heterocycles. The fraction of sp³-hybridized carbons (Fsp3) is 0.471. The first-order valence-electron chi connectivity index (χ1n) is 7.64. The fourth-order valence-electron chi connectivity index (χ4n) is 2.94. The van der Waals surface area contributed by atoms with E-state index in [-0.39, 0.29) is 6.10 Å². The second-order valence-electron chi connectivity index (χ2n) is 5.69. The molecule has 0 atom stereocenters. The minimum atomic E-state index is 0.221. The Morgan fingerprint density at radius 3 is 2.36 bits per heavy atom. The molecule has 0 bridgehead atoms. The third kappa shape index (κ3) is 2.95. The summed E-state index contributed by atoms with van der Waals surface area (Å²) in [6.45, 7) is 0. The lowest BCUT2D eigenvalue weighted by molar-refractivity contribution is 0.149. The van der Waals surface area contributed by atoms with Crippen LogP contribution in [-0.2, 0) is 0 Å². The summed E-state index contributed by atoms with van der Waals surface area (Å²) in [5.41, 5.74) is 6.79. The van der Waals surface area contributed by atoms with Gasteiger partial charge in [-0.15, -0.1) is 0 Å². The highest BCUT2D eigenvalue weighted by Gasteiger charge is 2.21. The first-order chi connectivity index (χ1) is 10.7.